The molecule has 0 radical (unpaired) electrons. The van der Waals surface area contributed by atoms with Crippen molar-refractivity contribution in [1.82, 2.24) is 4.90 Å². The van der Waals surface area contributed by atoms with Gasteiger partial charge in [0.2, 0.25) is 0 Å². The van der Waals surface area contributed by atoms with Crippen LogP contribution in [0.15, 0.2) is 78.1 Å². The maximum atomic E-state index is 11.6. The highest BCUT2D eigenvalue weighted by atomic mass is 16.3. The van der Waals surface area contributed by atoms with Crippen molar-refractivity contribution in [3.05, 3.63) is 89.2 Å². The molecule has 0 saturated carbocycles. The van der Waals surface area contributed by atoms with Crippen molar-refractivity contribution >= 4 is 0 Å². The van der Waals surface area contributed by atoms with Crippen LogP contribution in [0.4, 0.5) is 0 Å². The number of hydrogen-bond donors (Lipinski definition) is 4. The fourth-order valence-corrected chi connectivity index (χ4v) is 3.58. The molecule has 5 nitrogen and oxygen atoms in total. The molecule has 4 N–H and O–H groups in total. The molecule has 2 aromatic carbocycles. The SMILES string of the molecule is Oc1ccc(C(O)(c2ccc(O)cc2)C(O)[C@@H]2CN2CC2=C=CC=C2)cc1. The lowest BCUT2D eigenvalue weighted by atomic mass is 9.80. The average Bonchev–Trinajstić information content (AvgIpc) is 3.23. The molecule has 1 heterocycles. The minimum absolute atomic E-state index is 0.0843. The molecule has 0 bridgehead atoms. The van der Waals surface area contributed by atoms with Crippen LogP contribution in [0.1, 0.15) is 11.1 Å². The van der Waals surface area contributed by atoms with Gasteiger partial charge in [-0.25, -0.2) is 0 Å². The Morgan fingerprint density at radius 1 is 1.00 bits per heavy atom. The van der Waals surface area contributed by atoms with Crippen LogP contribution in [-0.2, 0) is 5.60 Å². The average molecular weight is 363 g/mol. The first-order chi connectivity index (χ1) is 13.0. The van der Waals surface area contributed by atoms with Gasteiger partial charge in [0, 0.05) is 18.7 Å². The molecular weight excluding hydrogens is 342 g/mol. The molecule has 3 atom stereocenters. The van der Waals surface area contributed by atoms with Gasteiger partial charge in [0.1, 0.15) is 23.2 Å². The number of benzene rings is 2. The van der Waals surface area contributed by atoms with Crippen LogP contribution >= 0.6 is 0 Å². The zero-order valence-electron chi connectivity index (χ0n) is 14.7. The Hall–Kier alpha value is -2.82. The molecule has 0 spiro atoms. The number of nitrogens with zero attached hydrogens (tertiary/aromatic N) is 1. The standard InChI is InChI=1S/C22H21NO4/c24-18-9-5-16(6-10-18)22(27,17-7-11-19(25)12-8-17)21(26)20-14-23(20)13-15-3-1-2-4-15/h1-3,5-12,20-21,24-27H,13-14H2/t20-,21?,23?/m0/s1. The minimum Gasteiger partial charge on any atom is -0.508 e. The molecule has 0 amide bonds. The predicted molar refractivity (Wildman–Crippen MR) is 101 cm³/mol. The number of hydrogen-bond acceptors (Lipinski definition) is 5. The Labute approximate surface area is 157 Å². The van der Waals surface area contributed by atoms with Crippen molar-refractivity contribution < 1.29 is 20.4 Å². The second-order valence-corrected chi connectivity index (χ2v) is 7.00. The monoisotopic (exact) mass is 363 g/mol. The molecule has 1 saturated heterocycles. The Balaban J connectivity index is 1.65. The van der Waals surface area contributed by atoms with E-state index in [1.54, 1.807) is 24.3 Å². The highest BCUT2D eigenvalue weighted by Crippen LogP contribution is 2.40. The fourth-order valence-electron chi connectivity index (χ4n) is 3.58. The van der Waals surface area contributed by atoms with Crippen molar-refractivity contribution in [2.45, 2.75) is 17.7 Å². The van der Waals surface area contributed by atoms with Gasteiger partial charge in [-0.2, -0.15) is 0 Å². The van der Waals surface area contributed by atoms with E-state index in [0.717, 1.165) is 5.57 Å². The number of aliphatic hydroxyl groups is 2. The van der Waals surface area contributed by atoms with Gasteiger partial charge < -0.3 is 20.4 Å². The fraction of sp³-hybridized carbons (Fsp3) is 0.227. The van der Waals surface area contributed by atoms with Crippen LogP contribution in [-0.4, -0.2) is 50.6 Å². The molecule has 1 fully saturated rings. The summed E-state index contributed by atoms with van der Waals surface area (Å²) >= 11 is 0. The lowest BCUT2D eigenvalue weighted by Crippen LogP contribution is -2.45. The second-order valence-electron chi connectivity index (χ2n) is 7.00. The van der Waals surface area contributed by atoms with Crippen LogP contribution in [0.3, 0.4) is 0 Å². The predicted octanol–water partition coefficient (Wildman–Crippen LogP) is 2.03. The maximum Gasteiger partial charge on any atom is 0.142 e. The van der Waals surface area contributed by atoms with E-state index in [-0.39, 0.29) is 17.5 Å². The van der Waals surface area contributed by atoms with E-state index < -0.39 is 11.7 Å². The first-order valence-corrected chi connectivity index (χ1v) is 8.84. The third-order valence-corrected chi connectivity index (χ3v) is 5.20. The minimum atomic E-state index is -1.67. The normalized spacial score (nSPS) is 21.9. The Morgan fingerprint density at radius 2 is 1.56 bits per heavy atom. The first kappa shape index (κ1) is 17.6. The van der Waals surface area contributed by atoms with Crippen LogP contribution in [0.25, 0.3) is 0 Å². The summed E-state index contributed by atoms with van der Waals surface area (Å²) in [4.78, 5) is 2.07. The summed E-state index contributed by atoms with van der Waals surface area (Å²) in [6.07, 6.45) is 4.68. The van der Waals surface area contributed by atoms with E-state index in [9.17, 15) is 20.4 Å². The van der Waals surface area contributed by atoms with Gasteiger partial charge in [-0.15, -0.1) is 5.73 Å². The summed E-state index contributed by atoms with van der Waals surface area (Å²) in [6, 6.07) is 12.1. The number of rotatable bonds is 6. The van der Waals surface area contributed by atoms with Gasteiger partial charge in [-0.05, 0) is 47.5 Å². The summed E-state index contributed by atoms with van der Waals surface area (Å²) in [5.41, 5.74) is 3.47. The Morgan fingerprint density at radius 3 is 2.04 bits per heavy atom. The Kier molecular flexibility index (Phi) is 4.38. The summed E-state index contributed by atoms with van der Waals surface area (Å²) in [7, 11) is 0. The number of aliphatic hydroxyl groups excluding tert-OH is 1. The molecule has 2 aromatic rings. The van der Waals surface area contributed by atoms with Crippen molar-refractivity contribution in [3.8, 4) is 11.5 Å². The summed E-state index contributed by atoms with van der Waals surface area (Å²) in [6.45, 7) is 1.33. The zero-order chi connectivity index (χ0) is 19.0. The van der Waals surface area contributed by atoms with Crippen molar-refractivity contribution in [1.29, 1.82) is 0 Å². The third-order valence-electron chi connectivity index (χ3n) is 5.20. The van der Waals surface area contributed by atoms with Crippen molar-refractivity contribution in [3.63, 3.8) is 0 Å². The molecule has 2 aliphatic rings. The molecule has 5 heteroatoms. The largest absolute Gasteiger partial charge is 0.508 e. The lowest BCUT2D eigenvalue weighted by molar-refractivity contribution is -0.0547. The zero-order valence-corrected chi connectivity index (χ0v) is 14.7. The number of phenols is 2. The molecule has 2 unspecified atom stereocenters. The smallest absolute Gasteiger partial charge is 0.142 e. The van der Waals surface area contributed by atoms with E-state index in [2.05, 4.69) is 10.6 Å². The number of aromatic hydroxyl groups is 2. The van der Waals surface area contributed by atoms with Gasteiger partial charge in [0.15, 0.2) is 0 Å². The van der Waals surface area contributed by atoms with Crippen LogP contribution in [0.2, 0.25) is 0 Å². The van der Waals surface area contributed by atoms with Gasteiger partial charge in [0.25, 0.3) is 0 Å². The quantitative estimate of drug-likeness (QED) is 0.466. The second kappa shape index (κ2) is 6.72. The molecule has 4 rings (SSSR count). The van der Waals surface area contributed by atoms with E-state index in [1.165, 1.54) is 24.3 Å². The molecular formula is C22H21NO4. The van der Waals surface area contributed by atoms with Crippen molar-refractivity contribution in [2.75, 3.05) is 13.1 Å². The maximum absolute atomic E-state index is 11.6. The van der Waals surface area contributed by atoms with Gasteiger partial charge in [-0.3, -0.25) is 4.90 Å². The highest BCUT2D eigenvalue weighted by Gasteiger charge is 2.51. The number of phenolic OH excluding ortho intramolecular Hbond substituents is 2. The topological polar surface area (TPSA) is 83.9 Å². The number of allylic oxidation sites excluding steroid dienone is 1. The van der Waals surface area contributed by atoms with Crippen molar-refractivity contribution in [2.24, 2.45) is 0 Å². The van der Waals surface area contributed by atoms with Crippen LogP contribution in [0, 0.1) is 0 Å². The van der Waals surface area contributed by atoms with Crippen LogP contribution < -0.4 is 0 Å². The van der Waals surface area contributed by atoms with Crippen LogP contribution in [0.5, 0.6) is 11.5 Å². The Bertz CT molecular complexity index is 878. The summed E-state index contributed by atoms with van der Waals surface area (Å²) in [5, 5.41) is 41.9. The molecule has 1 aliphatic carbocycles. The van der Waals surface area contributed by atoms with Gasteiger partial charge >= 0.3 is 0 Å². The summed E-state index contributed by atoms with van der Waals surface area (Å²) < 4.78 is 0. The molecule has 1 aliphatic heterocycles. The van der Waals surface area contributed by atoms with E-state index >= 15 is 0 Å². The highest BCUT2D eigenvalue weighted by molar-refractivity contribution is 5.42. The molecule has 27 heavy (non-hydrogen) atoms. The third kappa shape index (κ3) is 3.29. The van der Waals surface area contributed by atoms with Gasteiger partial charge in [0.05, 0.1) is 6.04 Å². The van der Waals surface area contributed by atoms with E-state index in [0.29, 0.717) is 24.2 Å². The van der Waals surface area contributed by atoms with Gasteiger partial charge in [-0.1, -0.05) is 30.3 Å². The van der Waals surface area contributed by atoms with E-state index in [1.807, 2.05) is 18.2 Å². The summed E-state index contributed by atoms with van der Waals surface area (Å²) in [5.74, 6) is 0.169. The molecule has 138 valence electrons. The lowest BCUT2D eigenvalue weighted by Gasteiger charge is -2.34. The molecule has 0 aromatic heterocycles. The van der Waals surface area contributed by atoms with E-state index in [4.69, 9.17) is 0 Å². The first-order valence-electron chi connectivity index (χ1n) is 8.84.